The van der Waals surface area contributed by atoms with Crippen molar-refractivity contribution in [2.75, 3.05) is 32.2 Å². The molecule has 0 aliphatic carbocycles. The van der Waals surface area contributed by atoms with Gasteiger partial charge in [0.15, 0.2) is 16.6 Å². The average molecular weight is 517 g/mol. The maximum Gasteiger partial charge on any atom is 0.332 e. The molecule has 3 aromatic rings. The molecule has 6 rings (SSSR count). The summed E-state index contributed by atoms with van der Waals surface area (Å²) in [5.41, 5.74) is 1.74. The number of hydrogen-bond acceptors (Lipinski definition) is 5. The Bertz CT molecular complexity index is 1410. The summed E-state index contributed by atoms with van der Waals surface area (Å²) in [7, 11) is 3.24. The lowest BCUT2D eigenvalue weighted by Crippen LogP contribution is -2.57. The van der Waals surface area contributed by atoms with Crippen LogP contribution in [0.25, 0.3) is 10.8 Å². The minimum atomic E-state index is -0.518. The highest BCUT2D eigenvalue weighted by molar-refractivity contribution is 7.80. The minimum Gasteiger partial charge on any atom is -0.493 e. The number of piperazine rings is 1. The molecule has 37 heavy (non-hydrogen) atoms. The van der Waals surface area contributed by atoms with Crippen LogP contribution in [0, 0.1) is 0 Å². The third-order valence-electron chi connectivity index (χ3n) is 7.67. The van der Waals surface area contributed by atoms with Gasteiger partial charge >= 0.3 is 6.03 Å². The smallest absolute Gasteiger partial charge is 0.332 e. The van der Waals surface area contributed by atoms with Crippen LogP contribution in [0.5, 0.6) is 11.5 Å². The highest BCUT2D eigenvalue weighted by Gasteiger charge is 2.62. The van der Waals surface area contributed by atoms with Crippen molar-refractivity contribution in [1.29, 1.82) is 0 Å². The van der Waals surface area contributed by atoms with E-state index in [1.54, 1.807) is 19.1 Å². The quantitative estimate of drug-likeness (QED) is 0.397. The van der Waals surface area contributed by atoms with Crippen LogP contribution in [-0.2, 0) is 11.2 Å². The van der Waals surface area contributed by atoms with Gasteiger partial charge in [-0.25, -0.2) is 9.69 Å². The Labute approximate surface area is 220 Å². The van der Waals surface area contributed by atoms with Crippen LogP contribution in [0.15, 0.2) is 60.7 Å². The summed E-state index contributed by atoms with van der Waals surface area (Å²) in [6.45, 7) is 1.28. The first-order valence-electron chi connectivity index (χ1n) is 12.4. The van der Waals surface area contributed by atoms with Gasteiger partial charge in [-0.15, -0.1) is 0 Å². The molecule has 3 aromatic carbocycles. The summed E-state index contributed by atoms with van der Waals surface area (Å²) in [6, 6.07) is 18.5. The van der Waals surface area contributed by atoms with Crippen molar-refractivity contribution in [3.63, 3.8) is 0 Å². The Kier molecular flexibility index (Phi) is 5.87. The topological polar surface area (TPSA) is 74.4 Å². The third kappa shape index (κ3) is 3.76. The van der Waals surface area contributed by atoms with Gasteiger partial charge in [-0.1, -0.05) is 42.5 Å². The first-order valence-corrected chi connectivity index (χ1v) is 12.8. The van der Waals surface area contributed by atoms with E-state index in [0.29, 0.717) is 35.4 Å². The molecule has 190 valence electrons. The van der Waals surface area contributed by atoms with E-state index in [-0.39, 0.29) is 24.0 Å². The van der Waals surface area contributed by atoms with Crippen LogP contribution < -0.4 is 19.7 Å². The van der Waals surface area contributed by atoms with E-state index >= 15 is 0 Å². The molecule has 1 unspecified atom stereocenters. The van der Waals surface area contributed by atoms with Crippen LogP contribution in [0.4, 0.5) is 10.5 Å². The molecule has 3 saturated heterocycles. The first kappa shape index (κ1) is 23.5. The maximum atomic E-state index is 13.7. The molecule has 3 atom stereocenters. The summed E-state index contributed by atoms with van der Waals surface area (Å²) < 4.78 is 10.7. The second-order valence-electron chi connectivity index (χ2n) is 9.59. The molecule has 3 amide bonds. The van der Waals surface area contributed by atoms with Gasteiger partial charge in [-0.05, 0) is 54.2 Å². The van der Waals surface area contributed by atoms with E-state index in [2.05, 4.69) is 10.2 Å². The second kappa shape index (κ2) is 9.23. The number of fused-ring (bicyclic) bond motifs is 6. The predicted octanol–water partition coefficient (Wildman–Crippen LogP) is 3.57. The number of methoxy groups -OCH3 is 2. The Hall–Kier alpha value is -3.85. The van der Waals surface area contributed by atoms with E-state index in [1.807, 2.05) is 60.7 Å². The fourth-order valence-electron chi connectivity index (χ4n) is 5.97. The van der Waals surface area contributed by atoms with Crippen molar-refractivity contribution in [2.24, 2.45) is 0 Å². The molecule has 0 spiro atoms. The summed E-state index contributed by atoms with van der Waals surface area (Å²) in [5, 5.41) is 5.87. The third-order valence-corrected chi connectivity index (χ3v) is 8.05. The summed E-state index contributed by atoms with van der Waals surface area (Å²) in [5.74, 6) is 1.21. The van der Waals surface area contributed by atoms with Gasteiger partial charge in [0.2, 0.25) is 0 Å². The molecule has 9 heteroatoms. The lowest BCUT2D eigenvalue weighted by molar-refractivity contribution is -0.120. The molecule has 3 fully saturated rings. The molecule has 3 heterocycles. The molecule has 3 aliphatic heterocycles. The SMILES string of the molecule is COc1ccc(CCNC(=S)N2C[C@H]3CC2[C@@H]2C(=O)N(c4cccc5ccccc45)C(=O)N32)cc1OC. The van der Waals surface area contributed by atoms with Crippen molar-refractivity contribution < 1.29 is 19.1 Å². The molecule has 8 nitrogen and oxygen atoms in total. The number of urea groups is 1. The number of benzene rings is 3. The van der Waals surface area contributed by atoms with Crippen LogP contribution in [0.2, 0.25) is 0 Å². The van der Waals surface area contributed by atoms with Gasteiger partial charge in [0, 0.05) is 18.5 Å². The van der Waals surface area contributed by atoms with Crippen molar-refractivity contribution in [3.8, 4) is 11.5 Å². The van der Waals surface area contributed by atoms with Gasteiger partial charge in [-0.3, -0.25) is 4.79 Å². The largest absolute Gasteiger partial charge is 0.493 e. The van der Waals surface area contributed by atoms with Crippen molar-refractivity contribution in [1.82, 2.24) is 15.1 Å². The zero-order valence-corrected chi connectivity index (χ0v) is 21.5. The molecular formula is C28H28N4O4S. The van der Waals surface area contributed by atoms with E-state index in [1.165, 1.54) is 4.90 Å². The highest BCUT2D eigenvalue weighted by atomic mass is 32.1. The molecule has 2 bridgehead atoms. The van der Waals surface area contributed by atoms with Crippen LogP contribution in [0.1, 0.15) is 12.0 Å². The number of nitrogens with one attached hydrogen (secondary N) is 1. The summed E-state index contributed by atoms with van der Waals surface area (Å²) in [4.78, 5) is 32.4. The number of thiocarbonyl (C=S) groups is 1. The zero-order chi connectivity index (χ0) is 25.7. The Morgan fingerprint density at radius 1 is 1.03 bits per heavy atom. The maximum absolute atomic E-state index is 13.7. The second-order valence-corrected chi connectivity index (χ2v) is 9.97. The number of imide groups is 1. The number of carbonyl (C=O) groups is 2. The predicted molar refractivity (Wildman–Crippen MR) is 145 cm³/mol. The number of hydrogen-bond donors (Lipinski definition) is 1. The lowest BCUT2D eigenvalue weighted by atomic mass is 10.1. The van der Waals surface area contributed by atoms with Gasteiger partial charge in [0.1, 0.15) is 6.04 Å². The fourth-order valence-corrected chi connectivity index (χ4v) is 6.28. The number of ether oxygens (including phenoxy) is 2. The summed E-state index contributed by atoms with van der Waals surface area (Å²) in [6.07, 6.45) is 1.51. The Balaban J connectivity index is 1.15. The van der Waals surface area contributed by atoms with E-state index in [0.717, 1.165) is 29.2 Å². The van der Waals surface area contributed by atoms with Crippen molar-refractivity contribution >= 4 is 45.7 Å². The number of anilines is 1. The molecule has 0 aromatic heterocycles. The minimum absolute atomic E-state index is 0.0305. The Morgan fingerprint density at radius 3 is 2.62 bits per heavy atom. The van der Waals surface area contributed by atoms with Gasteiger partial charge in [-0.2, -0.15) is 0 Å². The van der Waals surface area contributed by atoms with Crippen LogP contribution in [-0.4, -0.2) is 72.3 Å². The van der Waals surface area contributed by atoms with Crippen molar-refractivity contribution in [2.45, 2.75) is 31.0 Å². The molecular weight excluding hydrogens is 488 g/mol. The first-order chi connectivity index (χ1) is 18.0. The Morgan fingerprint density at radius 2 is 1.81 bits per heavy atom. The van der Waals surface area contributed by atoms with Gasteiger partial charge < -0.3 is 24.6 Å². The van der Waals surface area contributed by atoms with E-state index in [4.69, 9.17) is 21.7 Å². The fraction of sp³-hybridized carbons (Fsp3) is 0.321. The lowest BCUT2D eigenvalue weighted by Gasteiger charge is -2.36. The number of amides is 3. The molecule has 0 saturated carbocycles. The average Bonchev–Trinajstić information content (AvgIpc) is 3.59. The normalized spacial score (nSPS) is 22.1. The van der Waals surface area contributed by atoms with E-state index < -0.39 is 6.04 Å². The van der Waals surface area contributed by atoms with Gasteiger partial charge in [0.05, 0.1) is 32.0 Å². The molecule has 1 N–H and O–H groups in total. The number of nitrogens with zero attached hydrogens (tertiary/aromatic N) is 3. The van der Waals surface area contributed by atoms with Crippen molar-refractivity contribution in [3.05, 3.63) is 66.2 Å². The number of likely N-dealkylation sites (tertiary alicyclic amines) is 1. The van der Waals surface area contributed by atoms with Crippen LogP contribution in [0.3, 0.4) is 0 Å². The van der Waals surface area contributed by atoms with E-state index in [9.17, 15) is 9.59 Å². The molecule has 3 aliphatic rings. The highest BCUT2D eigenvalue weighted by Crippen LogP contribution is 2.43. The number of rotatable bonds is 6. The zero-order valence-electron chi connectivity index (χ0n) is 20.7. The molecule has 0 radical (unpaired) electrons. The standard InChI is InChI=1S/C28H28N4O4S/c1-35-23-11-10-17(14-24(23)36-2)12-13-29-27(37)30-16-19-15-22(30)25-26(33)32(28(34)31(19)25)21-9-5-7-18-6-3-4-8-20(18)21/h3-11,14,19,22,25H,12-13,15-16H2,1-2H3,(H,29,37)/t19-,22?,25-/m1/s1. The number of carbonyl (C=O) groups excluding carboxylic acids is 2. The van der Waals surface area contributed by atoms with Crippen LogP contribution >= 0.6 is 12.2 Å². The summed E-state index contributed by atoms with van der Waals surface area (Å²) >= 11 is 5.74. The monoisotopic (exact) mass is 516 g/mol. The van der Waals surface area contributed by atoms with Gasteiger partial charge in [0.25, 0.3) is 5.91 Å².